The normalized spacial score (nSPS) is 26.1. The average Bonchev–Trinajstić information content (AvgIpc) is 2.95. The summed E-state index contributed by atoms with van der Waals surface area (Å²) in [5, 5.41) is 7.97. The van der Waals surface area contributed by atoms with Gasteiger partial charge < -0.3 is 10.1 Å². The number of allylic oxidation sites excluding steroid dienone is 2. The number of hydrogen-bond acceptors (Lipinski definition) is 3. The maximum Gasteiger partial charge on any atom is 0.187 e. The van der Waals surface area contributed by atoms with E-state index in [2.05, 4.69) is 28.8 Å². The van der Waals surface area contributed by atoms with Crippen LogP contribution in [0.3, 0.4) is 0 Å². The van der Waals surface area contributed by atoms with E-state index in [1.807, 2.05) is 0 Å². The van der Waals surface area contributed by atoms with Crippen LogP contribution in [-0.2, 0) is 4.74 Å². The van der Waals surface area contributed by atoms with Gasteiger partial charge in [0.2, 0.25) is 0 Å². The van der Waals surface area contributed by atoms with Crippen LogP contribution in [0, 0.1) is 0 Å². The summed E-state index contributed by atoms with van der Waals surface area (Å²) in [5.74, 6) is 0. The molecule has 0 aromatic rings. The Balaban J connectivity index is 1.67. The molecule has 4 nitrogen and oxygen atoms in total. The zero-order valence-electron chi connectivity index (χ0n) is 10.2. The van der Waals surface area contributed by atoms with Gasteiger partial charge in [-0.3, -0.25) is 5.43 Å². The molecule has 0 unspecified atom stereocenters. The van der Waals surface area contributed by atoms with Crippen molar-refractivity contribution in [2.24, 2.45) is 5.10 Å². The van der Waals surface area contributed by atoms with E-state index in [4.69, 9.17) is 17.0 Å². The first kappa shape index (κ1) is 12.5. The molecule has 0 bridgehead atoms. The minimum atomic E-state index is 0.302. The first-order valence-corrected chi connectivity index (χ1v) is 6.54. The third-order valence-electron chi connectivity index (χ3n) is 3.00. The molecule has 94 valence electrons. The number of ether oxygens (including phenoxy) is 1. The predicted molar refractivity (Wildman–Crippen MR) is 73.1 cm³/mol. The summed E-state index contributed by atoms with van der Waals surface area (Å²) >= 11 is 5.15. The number of hydrogen-bond donors (Lipinski definition) is 2. The Kier molecular flexibility index (Phi) is 4.50. The molecule has 17 heavy (non-hydrogen) atoms. The number of nitrogens with zero attached hydrogens (tertiary/aromatic N) is 1. The Morgan fingerprint density at radius 3 is 3.12 bits per heavy atom. The molecule has 1 saturated heterocycles. The zero-order chi connectivity index (χ0) is 12.1. The van der Waals surface area contributed by atoms with E-state index in [0.717, 1.165) is 44.5 Å². The number of thiocarbonyl (C=S) groups is 1. The summed E-state index contributed by atoms with van der Waals surface area (Å²) in [4.78, 5) is 0. The number of hydrazone groups is 1. The summed E-state index contributed by atoms with van der Waals surface area (Å²) in [7, 11) is 0. The topological polar surface area (TPSA) is 45.7 Å². The SMILES string of the molecule is CC1=C/C(=N/NC(=S)NC[C@H]2CCCO2)CC1. The third kappa shape index (κ3) is 4.09. The van der Waals surface area contributed by atoms with Gasteiger partial charge in [-0.05, 0) is 50.9 Å². The van der Waals surface area contributed by atoms with Crippen molar-refractivity contribution in [3.05, 3.63) is 11.6 Å². The van der Waals surface area contributed by atoms with Crippen molar-refractivity contribution in [1.29, 1.82) is 0 Å². The van der Waals surface area contributed by atoms with Gasteiger partial charge in [-0.1, -0.05) is 5.57 Å². The van der Waals surface area contributed by atoms with Crippen molar-refractivity contribution in [3.8, 4) is 0 Å². The minimum Gasteiger partial charge on any atom is -0.376 e. The lowest BCUT2D eigenvalue weighted by Crippen LogP contribution is -2.37. The van der Waals surface area contributed by atoms with Crippen molar-refractivity contribution >= 4 is 23.0 Å². The van der Waals surface area contributed by atoms with E-state index >= 15 is 0 Å². The Labute approximate surface area is 107 Å². The van der Waals surface area contributed by atoms with Crippen LogP contribution in [0.4, 0.5) is 0 Å². The van der Waals surface area contributed by atoms with E-state index in [1.54, 1.807) is 0 Å². The quantitative estimate of drug-likeness (QED) is 0.594. The maximum absolute atomic E-state index is 5.50. The third-order valence-corrected chi connectivity index (χ3v) is 3.24. The van der Waals surface area contributed by atoms with Gasteiger partial charge in [-0.2, -0.15) is 5.10 Å². The molecule has 1 aliphatic carbocycles. The van der Waals surface area contributed by atoms with Gasteiger partial charge in [0, 0.05) is 13.2 Å². The van der Waals surface area contributed by atoms with Crippen molar-refractivity contribution < 1.29 is 4.74 Å². The van der Waals surface area contributed by atoms with Crippen LogP contribution < -0.4 is 10.7 Å². The average molecular weight is 253 g/mol. The molecule has 1 heterocycles. The summed E-state index contributed by atoms with van der Waals surface area (Å²) in [6.07, 6.45) is 6.79. The van der Waals surface area contributed by atoms with E-state index in [9.17, 15) is 0 Å². The second kappa shape index (κ2) is 6.12. The van der Waals surface area contributed by atoms with Crippen LogP contribution in [-0.4, -0.2) is 30.1 Å². The Morgan fingerprint density at radius 2 is 2.47 bits per heavy atom. The highest BCUT2D eigenvalue weighted by Gasteiger charge is 2.15. The molecule has 0 aromatic carbocycles. The lowest BCUT2D eigenvalue weighted by molar-refractivity contribution is 0.114. The van der Waals surface area contributed by atoms with Gasteiger partial charge in [0.25, 0.3) is 0 Å². The van der Waals surface area contributed by atoms with Gasteiger partial charge in [0.1, 0.15) is 0 Å². The Bertz CT molecular complexity index is 346. The van der Waals surface area contributed by atoms with E-state index in [1.165, 1.54) is 5.57 Å². The smallest absolute Gasteiger partial charge is 0.187 e. The van der Waals surface area contributed by atoms with Gasteiger partial charge in [-0.15, -0.1) is 0 Å². The summed E-state index contributed by atoms with van der Waals surface area (Å²) in [6.45, 7) is 3.76. The minimum absolute atomic E-state index is 0.302. The molecule has 0 saturated carbocycles. The van der Waals surface area contributed by atoms with Crippen molar-refractivity contribution in [2.45, 2.75) is 38.7 Å². The predicted octanol–water partition coefficient (Wildman–Crippen LogP) is 1.73. The fourth-order valence-electron chi connectivity index (χ4n) is 2.02. The summed E-state index contributed by atoms with van der Waals surface area (Å²) in [6, 6.07) is 0. The number of rotatable bonds is 3. The Hall–Kier alpha value is -0.940. The lowest BCUT2D eigenvalue weighted by atomic mass is 10.2. The molecule has 1 fully saturated rings. The lowest BCUT2D eigenvalue weighted by Gasteiger charge is -2.11. The fourth-order valence-corrected chi connectivity index (χ4v) is 2.15. The van der Waals surface area contributed by atoms with Gasteiger partial charge in [0.15, 0.2) is 5.11 Å². The first-order chi connectivity index (χ1) is 8.24. The van der Waals surface area contributed by atoms with Crippen molar-refractivity contribution in [2.75, 3.05) is 13.2 Å². The van der Waals surface area contributed by atoms with Crippen LogP contribution in [0.1, 0.15) is 32.6 Å². The highest BCUT2D eigenvalue weighted by Crippen LogP contribution is 2.14. The van der Waals surface area contributed by atoms with Crippen LogP contribution >= 0.6 is 12.2 Å². The fraction of sp³-hybridized carbons (Fsp3) is 0.667. The molecule has 0 amide bonds. The summed E-state index contributed by atoms with van der Waals surface area (Å²) < 4.78 is 5.50. The molecular formula is C12H19N3OS. The Morgan fingerprint density at radius 1 is 1.59 bits per heavy atom. The standard InChI is InChI=1S/C12H19N3OS/c1-9-4-5-10(7-9)14-15-12(17)13-8-11-3-2-6-16-11/h7,11H,2-6,8H2,1H3,(H2,13,15,17)/b14-10+/t11-/m1/s1. The van der Waals surface area contributed by atoms with Crippen LogP contribution in [0.25, 0.3) is 0 Å². The highest BCUT2D eigenvalue weighted by atomic mass is 32.1. The molecule has 2 rings (SSSR count). The molecule has 0 spiro atoms. The van der Waals surface area contributed by atoms with Crippen LogP contribution in [0.2, 0.25) is 0 Å². The molecule has 1 aliphatic heterocycles. The molecule has 0 aromatic heterocycles. The number of nitrogens with one attached hydrogen (secondary N) is 2. The van der Waals surface area contributed by atoms with Crippen molar-refractivity contribution in [1.82, 2.24) is 10.7 Å². The zero-order valence-corrected chi connectivity index (χ0v) is 11.0. The van der Waals surface area contributed by atoms with Crippen LogP contribution in [0.5, 0.6) is 0 Å². The monoisotopic (exact) mass is 253 g/mol. The largest absolute Gasteiger partial charge is 0.376 e. The summed E-state index contributed by atoms with van der Waals surface area (Å²) in [5.41, 5.74) is 5.33. The van der Waals surface area contributed by atoms with Gasteiger partial charge in [-0.25, -0.2) is 0 Å². The van der Waals surface area contributed by atoms with Crippen LogP contribution in [0.15, 0.2) is 16.8 Å². The van der Waals surface area contributed by atoms with E-state index in [-0.39, 0.29) is 0 Å². The van der Waals surface area contributed by atoms with Gasteiger partial charge in [0.05, 0.1) is 11.8 Å². The molecule has 5 heteroatoms. The van der Waals surface area contributed by atoms with E-state index < -0.39 is 0 Å². The highest BCUT2D eigenvalue weighted by molar-refractivity contribution is 7.80. The van der Waals surface area contributed by atoms with E-state index in [0.29, 0.717) is 11.2 Å². The molecule has 2 aliphatic rings. The van der Waals surface area contributed by atoms with Gasteiger partial charge >= 0.3 is 0 Å². The molecule has 2 N–H and O–H groups in total. The second-order valence-corrected chi connectivity index (χ2v) is 4.96. The van der Waals surface area contributed by atoms with Crippen molar-refractivity contribution in [3.63, 3.8) is 0 Å². The molecule has 1 atom stereocenters. The molecular weight excluding hydrogens is 234 g/mol. The first-order valence-electron chi connectivity index (χ1n) is 6.13. The molecule has 0 radical (unpaired) electrons. The second-order valence-electron chi connectivity index (χ2n) is 4.55. The maximum atomic E-state index is 5.50.